The average molecular weight is 253 g/mol. The summed E-state index contributed by atoms with van der Waals surface area (Å²) < 4.78 is 6.04. The maximum atomic E-state index is 6.04. The molecule has 1 unspecified atom stereocenters. The third-order valence-corrected chi connectivity index (χ3v) is 5.24. The van der Waals surface area contributed by atoms with Crippen molar-refractivity contribution in [1.82, 2.24) is 5.32 Å². The van der Waals surface area contributed by atoms with E-state index in [1.165, 1.54) is 64.2 Å². The quantitative estimate of drug-likeness (QED) is 0.775. The summed E-state index contributed by atoms with van der Waals surface area (Å²) in [5.41, 5.74) is 0.136. The summed E-state index contributed by atoms with van der Waals surface area (Å²) in [5, 5.41) is 3.75. The van der Waals surface area contributed by atoms with Gasteiger partial charge < -0.3 is 10.1 Å². The van der Waals surface area contributed by atoms with Crippen molar-refractivity contribution in [2.24, 2.45) is 5.92 Å². The largest absolute Gasteiger partial charge is 0.377 e. The van der Waals surface area contributed by atoms with E-state index in [2.05, 4.69) is 12.2 Å². The van der Waals surface area contributed by atoms with Crippen LogP contribution >= 0.6 is 0 Å². The highest BCUT2D eigenvalue weighted by Crippen LogP contribution is 2.38. The van der Waals surface area contributed by atoms with Crippen molar-refractivity contribution in [1.29, 1.82) is 0 Å². The minimum absolute atomic E-state index is 0.136. The zero-order valence-electron chi connectivity index (χ0n) is 12.3. The predicted molar refractivity (Wildman–Crippen MR) is 76.9 cm³/mol. The van der Waals surface area contributed by atoms with Crippen LogP contribution in [0.5, 0.6) is 0 Å². The first-order chi connectivity index (χ1) is 8.80. The highest BCUT2D eigenvalue weighted by molar-refractivity contribution is 4.96. The standard InChI is InChI=1S/C16H31NO/c1-3-17-15(13-14-9-5-6-10-14)16(18-2)11-7-4-8-12-16/h14-15,17H,3-13H2,1-2H3. The molecule has 1 N–H and O–H groups in total. The molecule has 0 aliphatic heterocycles. The molecule has 0 bridgehead atoms. The molecule has 0 aromatic heterocycles. The number of ether oxygens (including phenoxy) is 1. The van der Waals surface area contributed by atoms with E-state index < -0.39 is 0 Å². The normalized spacial score (nSPS) is 26.3. The van der Waals surface area contributed by atoms with Crippen molar-refractivity contribution in [2.75, 3.05) is 13.7 Å². The van der Waals surface area contributed by atoms with Gasteiger partial charge in [-0.25, -0.2) is 0 Å². The van der Waals surface area contributed by atoms with Crippen LogP contribution in [0.15, 0.2) is 0 Å². The van der Waals surface area contributed by atoms with E-state index in [1.54, 1.807) is 0 Å². The number of hydrogen-bond acceptors (Lipinski definition) is 2. The molecular weight excluding hydrogens is 222 g/mol. The van der Waals surface area contributed by atoms with E-state index in [4.69, 9.17) is 4.74 Å². The summed E-state index contributed by atoms with van der Waals surface area (Å²) in [6, 6.07) is 0.580. The Hall–Kier alpha value is -0.0800. The zero-order valence-corrected chi connectivity index (χ0v) is 12.3. The second kappa shape index (κ2) is 6.91. The van der Waals surface area contributed by atoms with Gasteiger partial charge in [-0.05, 0) is 31.7 Å². The summed E-state index contributed by atoms with van der Waals surface area (Å²) in [7, 11) is 1.93. The van der Waals surface area contributed by atoms with E-state index in [9.17, 15) is 0 Å². The number of hydrogen-bond donors (Lipinski definition) is 1. The number of methoxy groups -OCH3 is 1. The molecule has 0 radical (unpaired) electrons. The van der Waals surface area contributed by atoms with E-state index in [0.29, 0.717) is 6.04 Å². The third-order valence-electron chi connectivity index (χ3n) is 5.24. The molecule has 2 rings (SSSR count). The van der Waals surface area contributed by atoms with Gasteiger partial charge in [0.25, 0.3) is 0 Å². The van der Waals surface area contributed by atoms with Crippen molar-refractivity contribution in [2.45, 2.75) is 82.8 Å². The maximum absolute atomic E-state index is 6.04. The maximum Gasteiger partial charge on any atom is 0.0831 e. The molecule has 0 spiro atoms. The molecule has 2 aliphatic rings. The fourth-order valence-corrected chi connectivity index (χ4v) is 4.15. The second-order valence-electron chi connectivity index (χ2n) is 6.33. The number of likely N-dealkylation sites (N-methyl/N-ethyl adjacent to an activating group) is 1. The van der Waals surface area contributed by atoms with Crippen molar-refractivity contribution in [3.8, 4) is 0 Å². The molecule has 0 heterocycles. The van der Waals surface area contributed by atoms with Crippen molar-refractivity contribution < 1.29 is 4.74 Å². The van der Waals surface area contributed by atoms with Gasteiger partial charge in [0.2, 0.25) is 0 Å². The monoisotopic (exact) mass is 253 g/mol. The lowest BCUT2D eigenvalue weighted by Gasteiger charge is -2.44. The molecule has 2 saturated carbocycles. The zero-order chi connectivity index (χ0) is 12.8. The van der Waals surface area contributed by atoms with Crippen LogP contribution in [0.1, 0.15) is 71.1 Å². The Morgan fingerprint density at radius 2 is 1.78 bits per heavy atom. The molecule has 2 aliphatic carbocycles. The Balaban J connectivity index is 2.00. The molecular formula is C16H31NO. The van der Waals surface area contributed by atoms with Gasteiger partial charge in [0.05, 0.1) is 5.60 Å². The van der Waals surface area contributed by atoms with Crippen LogP contribution in [0.3, 0.4) is 0 Å². The fourth-order valence-electron chi connectivity index (χ4n) is 4.15. The van der Waals surface area contributed by atoms with E-state index >= 15 is 0 Å². The first kappa shape index (κ1) is 14.3. The van der Waals surface area contributed by atoms with Crippen molar-refractivity contribution >= 4 is 0 Å². The highest BCUT2D eigenvalue weighted by atomic mass is 16.5. The van der Waals surface area contributed by atoms with Crippen LogP contribution in [0, 0.1) is 5.92 Å². The summed E-state index contributed by atoms with van der Waals surface area (Å²) in [5.74, 6) is 0.947. The van der Waals surface area contributed by atoms with Crippen LogP contribution in [0.4, 0.5) is 0 Å². The molecule has 0 aromatic carbocycles. The molecule has 0 amide bonds. The van der Waals surface area contributed by atoms with Crippen molar-refractivity contribution in [3.63, 3.8) is 0 Å². The summed E-state index contributed by atoms with van der Waals surface area (Å²) >= 11 is 0. The smallest absolute Gasteiger partial charge is 0.0831 e. The van der Waals surface area contributed by atoms with Crippen LogP contribution in [-0.2, 0) is 4.74 Å². The summed E-state index contributed by atoms with van der Waals surface area (Å²) in [4.78, 5) is 0. The van der Waals surface area contributed by atoms with Gasteiger partial charge in [-0.3, -0.25) is 0 Å². The molecule has 106 valence electrons. The van der Waals surface area contributed by atoms with Crippen LogP contribution in [-0.4, -0.2) is 25.3 Å². The Morgan fingerprint density at radius 3 is 2.33 bits per heavy atom. The lowest BCUT2D eigenvalue weighted by molar-refractivity contribution is -0.0720. The molecule has 0 saturated heterocycles. The topological polar surface area (TPSA) is 21.3 Å². The van der Waals surface area contributed by atoms with Gasteiger partial charge >= 0.3 is 0 Å². The van der Waals surface area contributed by atoms with E-state index in [1.807, 2.05) is 7.11 Å². The summed E-state index contributed by atoms with van der Waals surface area (Å²) in [6.45, 7) is 3.30. The molecule has 2 fully saturated rings. The first-order valence-electron chi connectivity index (χ1n) is 8.09. The number of rotatable bonds is 6. The Kier molecular flexibility index (Phi) is 5.50. The van der Waals surface area contributed by atoms with Gasteiger partial charge in [-0.1, -0.05) is 51.9 Å². The SMILES string of the molecule is CCNC(CC1CCCC1)C1(OC)CCCCC1. The molecule has 2 nitrogen and oxygen atoms in total. The van der Waals surface area contributed by atoms with Gasteiger partial charge in [0, 0.05) is 13.2 Å². The fraction of sp³-hybridized carbons (Fsp3) is 1.00. The lowest BCUT2D eigenvalue weighted by Crippen LogP contribution is -2.53. The van der Waals surface area contributed by atoms with E-state index in [-0.39, 0.29) is 5.60 Å². The molecule has 18 heavy (non-hydrogen) atoms. The van der Waals surface area contributed by atoms with Gasteiger partial charge in [-0.15, -0.1) is 0 Å². The lowest BCUT2D eigenvalue weighted by atomic mass is 9.76. The number of nitrogens with one attached hydrogen (secondary N) is 1. The van der Waals surface area contributed by atoms with Gasteiger partial charge in [-0.2, -0.15) is 0 Å². The van der Waals surface area contributed by atoms with Crippen molar-refractivity contribution in [3.05, 3.63) is 0 Å². The van der Waals surface area contributed by atoms with E-state index in [0.717, 1.165) is 12.5 Å². The minimum Gasteiger partial charge on any atom is -0.377 e. The molecule has 1 atom stereocenters. The summed E-state index contributed by atoms with van der Waals surface area (Å²) in [6.07, 6.45) is 13.7. The third kappa shape index (κ3) is 3.27. The van der Waals surface area contributed by atoms with Crippen LogP contribution in [0.25, 0.3) is 0 Å². The second-order valence-corrected chi connectivity index (χ2v) is 6.33. The predicted octanol–water partition coefficient (Wildman–Crippen LogP) is 3.89. The van der Waals surface area contributed by atoms with Crippen LogP contribution < -0.4 is 5.32 Å². The minimum atomic E-state index is 0.136. The Morgan fingerprint density at radius 1 is 1.11 bits per heavy atom. The molecule has 2 heteroatoms. The van der Waals surface area contributed by atoms with Gasteiger partial charge in [0.15, 0.2) is 0 Å². The van der Waals surface area contributed by atoms with Crippen LogP contribution in [0.2, 0.25) is 0 Å². The average Bonchev–Trinajstić information content (AvgIpc) is 2.92. The Labute approximate surface area is 113 Å². The van der Waals surface area contributed by atoms with Gasteiger partial charge in [0.1, 0.15) is 0 Å². The Bertz CT molecular complexity index is 229. The molecule has 0 aromatic rings. The highest BCUT2D eigenvalue weighted by Gasteiger charge is 2.40. The first-order valence-corrected chi connectivity index (χ1v) is 8.09.